The van der Waals surface area contributed by atoms with E-state index in [4.69, 9.17) is 0 Å². The molecule has 0 fully saturated rings. The fraction of sp³-hybridized carbons (Fsp3) is 0.238. The van der Waals surface area contributed by atoms with Crippen molar-refractivity contribution in [2.75, 3.05) is 0 Å². The van der Waals surface area contributed by atoms with E-state index in [2.05, 4.69) is 81.5 Å². The highest BCUT2D eigenvalue weighted by atomic mass is 14.4. The standard InChI is InChI=1S/C21H20/c1-14-6-5-9-18-17(14)10-11-19(18)21(3)13-12-16-8-4-7-15(2)20(16)21/h4-13,19H,1-3H3. The van der Waals surface area contributed by atoms with Crippen LogP contribution in [0, 0.1) is 13.8 Å². The molecule has 2 aliphatic carbocycles. The third kappa shape index (κ3) is 1.62. The van der Waals surface area contributed by atoms with E-state index in [-0.39, 0.29) is 5.41 Å². The molecule has 2 aliphatic rings. The molecule has 2 aromatic carbocycles. The Morgan fingerprint density at radius 2 is 1.67 bits per heavy atom. The molecule has 0 spiro atoms. The quantitative estimate of drug-likeness (QED) is 0.652. The number of rotatable bonds is 1. The number of benzene rings is 2. The summed E-state index contributed by atoms with van der Waals surface area (Å²) in [4.78, 5) is 0. The van der Waals surface area contributed by atoms with Crippen molar-refractivity contribution >= 4 is 12.2 Å². The minimum atomic E-state index is 0.0657. The normalized spacial score (nSPS) is 25.2. The van der Waals surface area contributed by atoms with Crippen LogP contribution in [0.4, 0.5) is 0 Å². The van der Waals surface area contributed by atoms with Crippen LogP contribution in [0.15, 0.2) is 48.6 Å². The zero-order valence-electron chi connectivity index (χ0n) is 12.9. The number of hydrogen-bond donors (Lipinski definition) is 0. The number of allylic oxidation sites excluding steroid dienone is 2. The lowest BCUT2D eigenvalue weighted by atomic mass is 9.70. The lowest BCUT2D eigenvalue weighted by Crippen LogP contribution is -2.26. The molecule has 2 atom stereocenters. The van der Waals surface area contributed by atoms with Crippen LogP contribution in [0.1, 0.15) is 46.2 Å². The topological polar surface area (TPSA) is 0 Å². The molecule has 0 amide bonds. The number of hydrogen-bond acceptors (Lipinski definition) is 0. The van der Waals surface area contributed by atoms with Gasteiger partial charge in [0.05, 0.1) is 0 Å². The van der Waals surface area contributed by atoms with Crippen LogP contribution < -0.4 is 0 Å². The minimum Gasteiger partial charge on any atom is -0.0752 e. The van der Waals surface area contributed by atoms with Gasteiger partial charge in [0, 0.05) is 11.3 Å². The average Bonchev–Trinajstić information content (AvgIpc) is 3.04. The summed E-state index contributed by atoms with van der Waals surface area (Å²) in [5.74, 6) is 0.436. The maximum absolute atomic E-state index is 2.40. The number of aryl methyl sites for hydroxylation is 2. The van der Waals surface area contributed by atoms with E-state index in [0.717, 1.165) is 0 Å². The van der Waals surface area contributed by atoms with Crippen molar-refractivity contribution < 1.29 is 0 Å². The molecule has 4 rings (SSSR count). The van der Waals surface area contributed by atoms with Gasteiger partial charge < -0.3 is 0 Å². The first-order valence-electron chi connectivity index (χ1n) is 7.68. The maximum atomic E-state index is 2.40. The van der Waals surface area contributed by atoms with Crippen molar-refractivity contribution in [3.63, 3.8) is 0 Å². The molecular weight excluding hydrogens is 252 g/mol. The molecule has 0 heteroatoms. The molecular formula is C21H20. The molecule has 0 heterocycles. The fourth-order valence-corrected chi connectivity index (χ4v) is 4.19. The first-order chi connectivity index (χ1) is 10.1. The Kier molecular flexibility index (Phi) is 2.53. The van der Waals surface area contributed by atoms with Crippen molar-refractivity contribution in [3.8, 4) is 0 Å². The Balaban J connectivity index is 1.91. The molecule has 0 radical (unpaired) electrons. The predicted molar refractivity (Wildman–Crippen MR) is 90.5 cm³/mol. The van der Waals surface area contributed by atoms with Gasteiger partial charge in [0.1, 0.15) is 0 Å². The minimum absolute atomic E-state index is 0.0657. The molecule has 2 aromatic rings. The van der Waals surface area contributed by atoms with Gasteiger partial charge in [-0.3, -0.25) is 0 Å². The Labute approximate surface area is 126 Å². The molecule has 0 saturated heterocycles. The van der Waals surface area contributed by atoms with Gasteiger partial charge in [-0.1, -0.05) is 67.6 Å². The highest BCUT2D eigenvalue weighted by Crippen LogP contribution is 2.51. The van der Waals surface area contributed by atoms with Gasteiger partial charge in [-0.15, -0.1) is 0 Å². The molecule has 0 N–H and O–H groups in total. The van der Waals surface area contributed by atoms with E-state index in [1.54, 1.807) is 0 Å². The summed E-state index contributed by atoms with van der Waals surface area (Å²) in [6.07, 6.45) is 9.40. The van der Waals surface area contributed by atoms with E-state index in [1.807, 2.05) is 0 Å². The van der Waals surface area contributed by atoms with Gasteiger partial charge in [0.15, 0.2) is 0 Å². The molecule has 21 heavy (non-hydrogen) atoms. The van der Waals surface area contributed by atoms with Gasteiger partial charge in [-0.05, 0) is 47.2 Å². The summed E-state index contributed by atoms with van der Waals surface area (Å²) in [6.45, 7) is 6.83. The monoisotopic (exact) mass is 272 g/mol. The molecule has 0 saturated carbocycles. The van der Waals surface area contributed by atoms with Crippen LogP contribution in [0.3, 0.4) is 0 Å². The van der Waals surface area contributed by atoms with E-state index in [1.165, 1.54) is 33.4 Å². The second kappa shape index (κ2) is 4.21. The van der Waals surface area contributed by atoms with Gasteiger partial charge in [-0.25, -0.2) is 0 Å². The van der Waals surface area contributed by atoms with Crippen LogP contribution in [-0.4, -0.2) is 0 Å². The van der Waals surface area contributed by atoms with E-state index in [0.29, 0.717) is 5.92 Å². The van der Waals surface area contributed by atoms with Crippen molar-refractivity contribution in [2.24, 2.45) is 0 Å². The van der Waals surface area contributed by atoms with E-state index in [9.17, 15) is 0 Å². The summed E-state index contributed by atoms with van der Waals surface area (Å²) < 4.78 is 0. The highest BCUT2D eigenvalue weighted by molar-refractivity contribution is 5.73. The van der Waals surface area contributed by atoms with Crippen LogP contribution in [-0.2, 0) is 5.41 Å². The first-order valence-corrected chi connectivity index (χ1v) is 7.68. The van der Waals surface area contributed by atoms with Gasteiger partial charge in [0.2, 0.25) is 0 Å². The Morgan fingerprint density at radius 3 is 2.52 bits per heavy atom. The average molecular weight is 272 g/mol. The smallest absolute Gasteiger partial charge is 0.0219 e. The number of fused-ring (bicyclic) bond motifs is 2. The van der Waals surface area contributed by atoms with Gasteiger partial charge >= 0.3 is 0 Å². The zero-order chi connectivity index (χ0) is 14.6. The van der Waals surface area contributed by atoms with E-state index >= 15 is 0 Å². The van der Waals surface area contributed by atoms with Gasteiger partial charge in [0.25, 0.3) is 0 Å². The summed E-state index contributed by atoms with van der Waals surface area (Å²) in [5.41, 5.74) is 8.60. The summed E-state index contributed by atoms with van der Waals surface area (Å²) in [7, 11) is 0. The van der Waals surface area contributed by atoms with E-state index < -0.39 is 0 Å². The lowest BCUT2D eigenvalue weighted by Gasteiger charge is -2.33. The zero-order valence-corrected chi connectivity index (χ0v) is 12.9. The molecule has 0 aliphatic heterocycles. The molecule has 2 unspecified atom stereocenters. The second-order valence-electron chi connectivity index (χ2n) is 6.57. The Hall–Kier alpha value is -2.08. The summed E-state index contributed by atoms with van der Waals surface area (Å²) >= 11 is 0. The van der Waals surface area contributed by atoms with Crippen molar-refractivity contribution in [2.45, 2.75) is 32.1 Å². The van der Waals surface area contributed by atoms with Crippen molar-refractivity contribution in [1.82, 2.24) is 0 Å². The summed E-state index contributed by atoms with van der Waals surface area (Å²) in [6, 6.07) is 13.3. The molecule has 0 nitrogen and oxygen atoms in total. The van der Waals surface area contributed by atoms with Crippen molar-refractivity contribution in [1.29, 1.82) is 0 Å². The largest absolute Gasteiger partial charge is 0.0752 e. The third-order valence-electron chi connectivity index (χ3n) is 5.25. The van der Waals surface area contributed by atoms with Crippen molar-refractivity contribution in [3.05, 3.63) is 81.9 Å². The third-order valence-corrected chi connectivity index (χ3v) is 5.25. The first kappa shape index (κ1) is 12.6. The summed E-state index contributed by atoms with van der Waals surface area (Å²) in [5, 5.41) is 0. The molecule has 0 aromatic heterocycles. The Morgan fingerprint density at radius 1 is 0.905 bits per heavy atom. The molecule has 104 valence electrons. The van der Waals surface area contributed by atoms with Crippen LogP contribution in [0.25, 0.3) is 12.2 Å². The van der Waals surface area contributed by atoms with Crippen LogP contribution >= 0.6 is 0 Å². The second-order valence-corrected chi connectivity index (χ2v) is 6.57. The Bertz CT molecular complexity index is 792. The lowest BCUT2D eigenvalue weighted by molar-refractivity contribution is 0.541. The van der Waals surface area contributed by atoms with Crippen LogP contribution in [0.5, 0.6) is 0 Å². The fourth-order valence-electron chi connectivity index (χ4n) is 4.19. The highest BCUT2D eigenvalue weighted by Gasteiger charge is 2.40. The van der Waals surface area contributed by atoms with Gasteiger partial charge in [-0.2, -0.15) is 0 Å². The van der Waals surface area contributed by atoms with Crippen LogP contribution in [0.2, 0.25) is 0 Å². The predicted octanol–water partition coefficient (Wildman–Crippen LogP) is 5.40. The maximum Gasteiger partial charge on any atom is 0.0219 e. The SMILES string of the molecule is Cc1cccc2c1C=CC2C1(C)C=Cc2cccc(C)c21. The molecule has 0 bridgehead atoms.